The Balaban J connectivity index is 2.15. The second-order valence-electron chi connectivity index (χ2n) is 3.72. The fourth-order valence-corrected chi connectivity index (χ4v) is 2.41. The second-order valence-corrected chi connectivity index (χ2v) is 5.49. The average Bonchev–Trinajstić information content (AvgIpc) is 2.73. The van der Waals surface area contributed by atoms with Crippen molar-refractivity contribution in [3.63, 3.8) is 0 Å². The number of benzene rings is 1. The molecule has 0 spiro atoms. The standard InChI is InChI=1S/C11H8BrF3N4S/c12-8-2-6(1-7(3-8)11(13,14)15)4-17-19-10-18-9(16)5-20-10/h1-5H,16H2,(H,18,19). The zero-order valence-electron chi connectivity index (χ0n) is 9.78. The summed E-state index contributed by atoms with van der Waals surface area (Å²) in [5, 5.41) is 5.91. The van der Waals surface area contributed by atoms with Crippen molar-refractivity contribution < 1.29 is 13.2 Å². The van der Waals surface area contributed by atoms with Crippen LogP contribution in [0.15, 0.2) is 33.2 Å². The number of hydrogen-bond acceptors (Lipinski definition) is 5. The minimum absolute atomic E-state index is 0.309. The summed E-state index contributed by atoms with van der Waals surface area (Å²) in [7, 11) is 0. The summed E-state index contributed by atoms with van der Waals surface area (Å²) in [5.74, 6) is 0.356. The molecule has 1 heterocycles. The molecule has 20 heavy (non-hydrogen) atoms. The number of anilines is 2. The molecule has 0 aliphatic heterocycles. The Bertz CT molecular complexity index is 639. The Labute approximate surface area is 124 Å². The van der Waals surface area contributed by atoms with E-state index < -0.39 is 11.7 Å². The number of aromatic nitrogens is 1. The first-order valence-electron chi connectivity index (χ1n) is 5.22. The zero-order valence-corrected chi connectivity index (χ0v) is 12.2. The third-order valence-corrected chi connectivity index (χ3v) is 3.37. The van der Waals surface area contributed by atoms with E-state index in [1.165, 1.54) is 23.6 Å². The largest absolute Gasteiger partial charge is 0.416 e. The number of nitrogens with two attached hydrogens (primary N) is 1. The Kier molecular flexibility index (Phi) is 4.29. The van der Waals surface area contributed by atoms with Gasteiger partial charge < -0.3 is 5.73 Å². The number of rotatable bonds is 3. The van der Waals surface area contributed by atoms with Gasteiger partial charge in [-0.3, -0.25) is 5.43 Å². The van der Waals surface area contributed by atoms with Crippen LogP contribution in [-0.2, 0) is 6.18 Å². The van der Waals surface area contributed by atoms with Crippen molar-refractivity contribution in [2.75, 3.05) is 11.2 Å². The normalized spacial score (nSPS) is 12.0. The van der Waals surface area contributed by atoms with E-state index in [0.29, 0.717) is 21.0 Å². The van der Waals surface area contributed by atoms with Crippen molar-refractivity contribution in [3.8, 4) is 0 Å². The second kappa shape index (κ2) is 5.80. The maximum Gasteiger partial charge on any atom is 0.416 e. The van der Waals surface area contributed by atoms with Crippen LogP contribution in [0.3, 0.4) is 0 Å². The van der Waals surface area contributed by atoms with E-state index in [1.54, 1.807) is 5.38 Å². The SMILES string of the molecule is Nc1csc(NN=Cc2cc(Br)cc(C(F)(F)F)c2)n1. The minimum atomic E-state index is -4.40. The van der Waals surface area contributed by atoms with Crippen molar-refractivity contribution in [2.24, 2.45) is 5.10 Å². The maximum atomic E-state index is 12.6. The van der Waals surface area contributed by atoms with E-state index in [2.05, 4.69) is 31.4 Å². The van der Waals surface area contributed by atoms with Crippen molar-refractivity contribution in [1.82, 2.24) is 4.98 Å². The van der Waals surface area contributed by atoms with Crippen LogP contribution < -0.4 is 11.2 Å². The first-order valence-corrected chi connectivity index (χ1v) is 6.90. The molecule has 0 radical (unpaired) electrons. The van der Waals surface area contributed by atoms with Gasteiger partial charge in [-0.05, 0) is 23.8 Å². The fourth-order valence-electron chi connectivity index (χ4n) is 1.35. The van der Waals surface area contributed by atoms with Crippen LogP contribution in [0.25, 0.3) is 0 Å². The molecule has 0 saturated heterocycles. The van der Waals surface area contributed by atoms with Gasteiger partial charge in [0.15, 0.2) is 0 Å². The molecule has 3 N–H and O–H groups in total. The Morgan fingerprint density at radius 1 is 1.35 bits per heavy atom. The summed E-state index contributed by atoms with van der Waals surface area (Å²) in [6.45, 7) is 0. The molecule has 0 aliphatic rings. The van der Waals surface area contributed by atoms with Gasteiger partial charge in [0, 0.05) is 9.85 Å². The summed E-state index contributed by atoms with van der Waals surface area (Å²) < 4.78 is 38.2. The summed E-state index contributed by atoms with van der Waals surface area (Å²) in [6, 6.07) is 3.54. The van der Waals surface area contributed by atoms with Gasteiger partial charge >= 0.3 is 6.18 Å². The van der Waals surface area contributed by atoms with Crippen LogP contribution in [0.2, 0.25) is 0 Å². The smallest absolute Gasteiger partial charge is 0.383 e. The number of halogens is 4. The van der Waals surface area contributed by atoms with Gasteiger partial charge in [0.05, 0.1) is 11.8 Å². The molecule has 2 aromatic rings. The first-order chi connectivity index (χ1) is 9.34. The first kappa shape index (κ1) is 14.8. The van der Waals surface area contributed by atoms with Crippen LogP contribution >= 0.6 is 27.3 Å². The highest BCUT2D eigenvalue weighted by atomic mass is 79.9. The Morgan fingerprint density at radius 2 is 2.10 bits per heavy atom. The van der Waals surface area contributed by atoms with Crippen LogP contribution in [0.5, 0.6) is 0 Å². The topological polar surface area (TPSA) is 63.3 Å². The van der Waals surface area contributed by atoms with E-state index in [1.807, 2.05) is 0 Å². The summed E-state index contributed by atoms with van der Waals surface area (Å²) in [6.07, 6.45) is -3.12. The fraction of sp³-hybridized carbons (Fsp3) is 0.0909. The van der Waals surface area contributed by atoms with Gasteiger partial charge in [-0.25, -0.2) is 4.98 Å². The number of nitrogen functional groups attached to an aromatic ring is 1. The van der Waals surface area contributed by atoms with Gasteiger partial charge in [0.2, 0.25) is 5.13 Å². The number of nitrogens with zero attached hydrogens (tertiary/aromatic N) is 2. The summed E-state index contributed by atoms with van der Waals surface area (Å²) in [5.41, 5.74) is 7.58. The third kappa shape index (κ3) is 3.94. The highest BCUT2D eigenvalue weighted by molar-refractivity contribution is 9.10. The molecule has 9 heteroatoms. The molecule has 0 aliphatic carbocycles. The van der Waals surface area contributed by atoms with Crippen molar-refractivity contribution in [2.45, 2.75) is 6.18 Å². The van der Waals surface area contributed by atoms with Gasteiger partial charge in [-0.15, -0.1) is 11.3 Å². The van der Waals surface area contributed by atoms with Crippen molar-refractivity contribution in [3.05, 3.63) is 39.2 Å². The van der Waals surface area contributed by atoms with E-state index >= 15 is 0 Å². The highest BCUT2D eigenvalue weighted by Crippen LogP contribution is 2.31. The van der Waals surface area contributed by atoms with Gasteiger partial charge in [-0.1, -0.05) is 15.9 Å². The quantitative estimate of drug-likeness (QED) is 0.640. The van der Waals surface area contributed by atoms with Gasteiger partial charge in [-0.2, -0.15) is 18.3 Å². The van der Waals surface area contributed by atoms with Crippen LogP contribution in [0.4, 0.5) is 24.1 Å². The van der Waals surface area contributed by atoms with E-state index in [0.717, 1.165) is 12.1 Å². The lowest BCUT2D eigenvalue weighted by Gasteiger charge is -2.07. The van der Waals surface area contributed by atoms with Gasteiger partial charge in [0.1, 0.15) is 5.82 Å². The lowest BCUT2D eigenvalue weighted by Crippen LogP contribution is -2.05. The van der Waals surface area contributed by atoms with E-state index in [4.69, 9.17) is 5.73 Å². The molecule has 1 aromatic heterocycles. The molecule has 1 aromatic carbocycles. The number of nitrogens with one attached hydrogen (secondary N) is 1. The predicted octanol–water partition coefficient (Wildman–Crippen LogP) is 3.95. The Morgan fingerprint density at radius 3 is 2.70 bits per heavy atom. The molecular weight excluding hydrogens is 357 g/mol. The average molecular weight is 365 g/mol. The molecule has 0 bridgehead atoms. The number of hydrogen-bond donors (Lipinski definition) is 2. The summed E-state index contributed by atoms with van der Waals surface area (Å²) >= 11 is 4.28. The molecule has 4 nitrogen and oxygen atoms in total. The minimum Gasteiger partial charge on any atom is -0.383 e. The highest BCUT2D eigenvalue weighted by Gasteiger charge is 2.30. The lowest BCUT2D eigenvalue weighted by molar-refractivity contribution is -0.137. The monoisotopic (exact) mass is 364 g/mol. The zero-order chi connectivity index (χ0) is 14.8. The molecule has 0 fully saturated rings. The maximum absolute atomic E-state index is 12.6. The summed E-state index contributed by atoms with van der Waals surface area (Å²) in [4.78, 5) is 3.90. The molecule has 0 amide bonds. The number of thiazole rings is 1. The van der Waals surface area contributed by atoms with Crippen LogP contribution in [0.1, 0.15) is 11.1 Å². The molecule has 0 saturated carbocycles. The number of alkyl halides is 3. The van der Waals surface area contributed by atoms with E-state index in [9.17, 15) is 13.2 Å². The van der Waals surface area contributed by atoms with E-state index in [-0.39, 0.29) is 0 Å². The van der Waals surface area contributed by atoms with Crippen molar-refractivity contribution in [1.29, 1.82) is 0 Å². The molecule has 0 atom stereocenters. The van der Waals surface area contributed by atoms with Crippen LogP contribution in [-0.4, -0.2) is 11.2 Å². The third-order valence-electron chi connectivity index (χ3n) is 2.14. The molecule has 106 valence electrons. The molecule has 0 unspecified atom stereocenters. The molecule has 2 rings (SSSR count). The lowest BCUT2D eigenvalue weighted by atomic mass is 10.1. The predicted molar refractivity (Wildman–Crippen MR) is 76.9 cm³/mol. The van der Waals surface area contributed by atoms with Crippen LogP contribution in [0, 0.1) is 0 Å². The van der Waals surface area contributed by atoms with Gasteiger partial charge in [0.25, 0.3) is 0 Å². The molecular formula is C11H8BrF3N4S. The Hall–Kier alpha value is -1.61. The number of hydrazone groups is 1. The van der Waals surface area contributed by atoms with Crippen molar-refractivity contribution >= 4 is 44.4 Å².